The molecule has 57 heavy (non-hydrogen) atoms. The topological polar surface area (TPSA) is 78.9 Å². The SMILES string of the molecule is CCCCCC/C=C/CCCCCCCC(=O)OC[C@@H](COC(=O)CCCCCCCCCCCCCCC)OC(=O)CCCCCCC/C=C/CCCCCC. The second kappa shape index (κ2) is 46.6. The van der Waals surface area contributed by atoms with Gasteiger partial charge in [0.2, 0.25) is 0 Å². The lowest BCUT2D eigenvalue weighted by Crippen LogP contribution is -2.30. The second-order valence-electron chi connectivity index (χ2n) is 16.7. The van der Waals surface area contributed by atoms with Crippen LogP contribution in [0.4, 0.5) is 0 Å². The molecule has 6 heteroatoms. The quantitative estimate of drug-likeness (QED) is 0.0264. The number of rotatable bonds is 45. The molecule has 0 aliphatic heterocycles. The van der Waals surface area contributed by atoms with E-state index in [0.29, 0.717) is 19.3 Å². The zero-order chi connectivity index (χ0) is 41.5. The Kier molecular flexibility index (Phi) is 44.9. The Labute approximate surface area is 353 Å². The number of allylic oxidation sites excluding steroid dienone is 4. The number of carbonyl (C=O) groups is 3. The maximum absolute atomic E-state index is 12.7. The van der Waals surface area contributed by atoms with E-state index in [1.807, 2.05) is 0 Å². The molecular weight excluding hydrogens is 709 g/mol. The largest absolute Gasteiger partial charge is 0.462 e. The molecule has 334 valence electrons. The molecule has 0 aliphatic carbocycles. The number of unbranched alkanes of at least 4 members (excludes halogenated alkanes) is 30. The molecule has 0 aromatic carbocycles. The Morgan fingerprint density at radius 1 is 0.333 bits per heavy atom. The van der Waals surface area contributed by atoms with Gasteiger partial charge in [-0.25, -0.2) is 0 Å². The summed E-state index contributed by atoms with van der Waals surface area (Å²) < 4.78 is 16.8. The average Bonchev–Trinajstić information content (AvgIpc) is 3.21. The van der Waals surface area contributed by atoms with Crippen molar-refractivity contribution >= 4 is 17.9 Å². The summed E-state index contributed by atoms with van der Waals surface area (Å²) in [7, 11) is 0. The van der Waals surface area contributed by atoms with E-state index in [-0.39, 0.29) is 31.1 Å². The maximum Gasteiger partial charge on any atom is 0.306 e. The Morgan fingerprint density at radius 2 is 0.579 bits per heavy atom. The van der Waals surface area contributed by atoms with Gasteiger partial charge in [0, 0.05) is 19.3 Å². The molecule has 0 aromatic heterocycles. The van der Waals surface area contributed by atoms with Crippen molar-refractivity contribution in [2.75, 3.05) is 13.2 Å². The first-order valence-corrected chi connectivity index (χ1v) is 24.8. The third kappa shape index (κ3) is 44.8. The fourth-order valence-corrected chi connectivity index (χ4v) is 7.14. The van der Waals surface area contributed by atoms with Gasteiger partial charge in [-0.15, -0.1) is 0 Å². The van der Waals surface area contributed by atoms with Crippen molar-refractivity contribution in [3.05, 3.63) is 24.3 Å². The van der Waals surface area contributed by atoms with Gasteiger partial charge in [0.15, 0.2) is 6.10 Å². The van der Waals surface area contributed by atoms with E-state index in [1.54, 1.807) is 0 Å². The lowest BCUT2D eigenvalue weighted by molar-refractivity contribution is -0.167. The van der Waals surface area contributed by atoms with Gasteiger partial charge >= 0.3 is 17.9 Å². The highest BCUT2D eigenvalue weighted by Crippen LogP contribution is 2.15. The Bertz CT molecular complexity index is 927. The van der Waals surface area contributed by atoms with E-state index in [9.17, 15) is 14.4 Å². The summed E-state index contributed by atoms with van der Waals surface area (Å²) in [5, 5.41) is 0. The number of hydrogen-bond donors (Lipinski definition) is 0. The predicted molar refractivity (Wildman–Crippen MR) is 243 cm³/mol. The molecule has 0 aromatic rings. The van der Waals surface area contributed by atoms with Crippen LogP contribution in [0.15, 0.2) is 24.3 Å². The van der Waals surface area contributed by atoms with E-state index < -0.39 is 6.10 Å². The standard InChI is InChI=1S/C51H94O6/c1-4-7-10-13-16-19-22-25-28-31-34-37-40-43-49(52)55-46-48(57-51(54)45-42-39-36-33-30-27-24-21-18-15-12-9-6-3)47-56-50(53)44-41-38-35-32-29-26-23-20-17-14-11-8-5-2/h19,21-22,24,48H,4-18,20,23,25-47H2,1-3H3/b22-19+,24-21+/t48-/m0/s1. The molecule has 0 saturated heterocycles. The van der Waals surface area contributed by atoms with Crippen LogP contribution in [0, 0.1) is 0 Å². The molecule has 0 fully saturated rings. The first kappa shape index (κ1) is 54.9. The van der Waals surface area contributed by atoms with Crippen LogP contribution in [0.1, 0.15) is 265 Å². The predicted octanol–water partition coefficient (Wildman–Crippen LogP) is 16.0. The third-order valence-corrected chi connectivity index (χ3v) is 10.9. The van der Waals surface area contributed by atoms with Gasteiger partial charge in [0.05, 0.1) is 0 Å². The Balaban J connectivity index is 4.37. The number of esters is 3. The Hall–Kier alpha value is -2.11. The molecule has 0 N–H and O–H groups in total. The molecule has 0 aliphatic rings. The van der Waals surface area contributed by atoms with Crippen LogP contribution in [-0.2, 0) is 28.6 Å². The van der Waals surface area contributed by atoms with Crippen LogP contribution in [0.25, 0.3) is 0 Å². The van der Waals surface area contributed by atoms with Gasteiger partial charge in [0.1, 0.15) is 13.2 Å². The first-order valence-electron chi connectivity index (χ1n) is 24.8. The normalized spacial score (nSPS) is 12.1. The Morgan fingerprint density at radius 3 is 0.895 bits per heavy atom. The smallest absolute Gasteiger partial charge is 0.306 e. The van der Waals surface area contributed by atoms with Crippen LogP contribution in [0.5, 0.6) is 0 Å². The van der Waals surface area contributed by atoms with Crippen LogP contribution in [-0.4, -0.2) is 37.2 Å². The van der Waals surface area contributed by atoms with Gasteiger partial charge in [-0.05, 0) is 70.6 Å². The minimum absolute atomic E-state index is 0.0738. The molecular formula is C51H94O6. The molecule has 0 radical (unpaired) electrons. The fraction of sp³-hybridized carbons (Fsp3) is 0.863. The fourth-order valence-electron chi connectivity index (χ4n) is 7.14. The highest BCUT2D eigenvalue weighted by molar-refractivity contribution is 5.71. The summed E-state index contributed by atoms with van der Waals surface area (Å²) in [5.74, 6) is -0.883. The second-order valence-corrected chi connectivity index (χ2v) is 16.7. The minimum Gasteiger partial charge on any atom is -0.462 e. The molecule has 0 rings (SSSR count). The van der Waals surface area contributed by atoms with Gasteiger partial charge in [-0.2, -0.15) is 0 Å². The van der Waals surface area contributed by atoms with E-state index in [1.165, 1.54) is 154 Å². The highest BCUT2D eigenvalue weighted by atomic mass is 16.6. The number of hydrogen-bond acceptors (Lipinski definition) is 6. The maximum atomic E-state index is 12.7. The van der Waals surface area contributed by atoms with Gasteiger partial charge < -0.3 is 14.2 Å². The van der Waals surface area contributed by atoms with Crippen LogP contribution in [0.3, 0.4) is 0 Å². The van der Waals surface area contributed by atoms with Crippen molar-refractivity contribution in [3.8, 4) is 0 Å². The van der Waals surface area contributed by atoms with Crippen molar-refractivity contribution in [1.29, 1.82) is 0 Å². The van der Waals surface area contributed by atoms with Crippen molar-refractivity contribution in [1.82, 2.24) is 0 Å². The van der Waals surface area contributed by atoms with E-state index in [0.717, 1.165) is 70.6 Å². The molecule has 6 nitrogen and oxygen atoms in total. The summed E-state index contributed by atoms with van der Waals surface area (Å²) in [6, 6.07) is 0. The van der Waals surface area contributed by atoms with Gasteiger partial charge in [-0.1, -0.05) is 199 Å². The highest BCUT2D eigenvalue weighted by Gasteiger charge is 2.19. The summed E-state index contributed by atoms with van der Waals surface area (Å²) in [5.41, 5.74) is 0. The number of ether oxygens (including phenoxy) is 3. The van der Waals surface area contributed by atoms with Crippen molar-refractivity contribution in [3.63, 3.8) is 0 Å². The van der Waals surface area contributed by atoms with E-state index in [2.05, 4.69) is 45.1 Å². The van der Waals surface area contributed by atoms with Crippen LogP contribution >= 0.6 is 0 Å². The van der Waals surface area contributed by atoms with Crippen molar-refractivity contribution in [2.24, 2.45) is 0 Å². The van der Waals surface area contributed by atoms with Crippen molar-refractivity contribution < 1.29 is 28.6 Å². The third-order valence-electron chi connectivity index (χ3n) is 10.9. The summed E-state index contributed by atoms with van der Waals surface area (Å²) in [4.78, 5) is 37.8. The molecule has 0 bridgehead atoms. The van der Waals surface area contributed by atoms with Crippen LogP contribution in [0.2, 0.25) is 0 Å². The molecule has 0 spiro atoms. The average molecular weight is 803 g/mol. The minimum atomic E-state index is -0.773. The number of carbonyl (C=O) groups excluding carboxylic acids is 3. The molecule has 0 heterocycles. The summed E-state index contributed by atoms with van der Waals surface area (Å²) in [6.07, 6.45) is 51.5. The molecule has 1 atom stereocenters. The lowest BCUT2D eigenvalue weighted by atomic mass is 10.0. The van der Waals surface area contributed by atoms with Crippen LogP contribution < -0.4 is 0 Å². The first-order chi connectivity index (χ1) is 28.0. The molecule has 0 saturated carbocycles. The van der Waals surface area contributed by atoms with E-state index in [4.69, 9.17) is 14.2 Å². The zero-order valence-corrected chi connectivity index (χ0v) is 38.1. The lowest BCUT2D eigenvalue weighted by Gasteiger charge is -2.18. The molecule has 0 amide bonds. The monoisotopic (exact) mass is 803 g/mol. The zero-order valence-electron chi connectivity index (χ0n) is 38.1. The summed E-state index contributed by atoms with van der Waals surface area (Å²) in [6.45, 7) is 6.61. The molecule has 0 unspecified atom stereocenters. The van der Waals surface area contributed by atoms with Crippen molar-refractivity contribution in [2.45, 2.75) is 271 Å². The van der Waals surface area contributed by atoms with E-state index >= 15 is 0 Å². The summed E-state index contributed by atoms with van der Waals surface area (Å²) >= 11 is 0. The van der Waals surface area contributed by atoms with Gasteiger partial charge in [-0.3, -0.25) is 14.4 Å². The van der Waals surface area contributed by atoms with Gasteiger partial charge in [0.25, 0.3) is 0 Å².